The van der Waals surface area contributed by atoms with Gasteiger partial charge in [0.1, 0.15) is 0 Å². The van der Waals surface area contributed by atoms with Gasteiger partial charge in [0.05, 0.1) is 24.6 Å². The Morgan fingerprint density at radius 2 is 1.83 bits per heavy atom. The van der Waals surface area contributed by atoms with Gasteiger partial charge < -0.3 is 9.64 Å². The van der Waals surface area contributed by atoms with Crippen LogP contribution >= 0.6 is 11.8 Å². The van der Waals surface area contributed by atoms with Gasteiger partial charge in [-0.2, -0.15) is 5.10 Å². The fourth-order valence-electron chi connectivity index (χ4n) is 2.85. The fraction of sp³-hybridized carbons (Fsp3) is 0.409. The lowest BCUT2D eigenvalue weighted by Crippen LogP contribution is -2.34. The van der Waals surface area contributed by atoms with Crippen molar-refractivity contribution in [2.45, 2.75) is 40.5 Å². The molecule has 0 unspecified atom stereocenters. The second kappa shape index (κ2) is 13.7. The summed E-state index contributed by atoms with van der Waals surface area (Å²) in [5, 5.41) is 9.40. The number of benzene rings is 2. The Hall–Kier alpha value is -2.48. The lowest BCUT2D eigenvalue weighted by molar-refractivity contribution is -0.139. The van der Waals surface area contributed by atoms with Crippen LogP contribution in [0, 0.1) is 0 Å². The second-order valence-electron chi connectivity index (χ2n) is 5.76. The number of carbonyl (C=O) groups excluding carboxylic acids is 1. The Morgan fingerprint density at radius 3 is 2.40 bits per heavy atom. The van der Waals surface area contributed by atoms with Gasteiger partial charge in [0.2, 0.25) is 0 Å². The van der Waals surface area contributed by atoms with Crippen LogP contribution in [0.1, 0.15) is 33.3 Å². The van der Waals surface area contributed by atoms with Crippen molar-refractivity contribution in [2.24, 2.45) is 10.2 Å². The standard InChI is InChI=1S/C20H23F2N3O2S.C2H6/c1-4-14-10-11-17(16-9-7-6-8-15(14)16)25(12-18(21)22)20(24-23-3)28-13-19(26)27-5-2;1-2/h6-11,18H,3-5,12-13H2,1-2H3;1-2H3/b24-20+;. The van der Waals surface area contributed by atoms with E-state index in [4.69, 9.17) is 4.74 Å². The van der Waals surface area contributed by atoms with E-state index in [1.165, 1.54) is 4.90 Å². The zero-order valence-electron chi connectivity index (χ0n) is 17.9. The second-order valence-corrected chi connectivity index (χ2v) is 6.70. The van der Waals surface area contributed by atoms with Crippen molar-refractivity contribution in [2.75, 3.05) is 23.8 Å². The zero-order chi connectivity index (χ0) is 22.5. The first-order chi connectivity index (χ1) is 14.5. The maximum atomic E-state index is 13.4. The molecule has 0 heterocycles. The molecule has 5 nitrogen and oxygen atoms in total. The Labute approximate surface area is 181 Å². The molecule has 0 saturated heterocycles. The summed E-state index contributed by atoms with van der Waals surface area (Å²) in [6.45, 7) is 10.7. The van der Waals surface area contributed by atoms with Crippen LogP contribution in [0.25, 0.3) is 10.8 Å². The lowest BCUT2D eigenvalue weighted by atomic mass is 10.0. The normalized spacial score (nSPS) is 11.1. The Bertz CT molecular complexity index is 859. The molecule has 0 aliphatic carbocycles. The van der Waals surface area contributed by atoms with Gasteiger partial charge in [0, 0.05) is 12.1 Å². The van der Waals surface area contributed by atoms with Crippen LogP contribution in [-0.4, -0.2) is 43.2 Å². The Balaban J connectivity index is 0.00000218. The highest BCUT2D eigenvalue weighted by atomic mass is 32.2. The van der Waals surface area contributed by atoms with E-state index in [0.717, 1.165) is 34.5 Å². The van der Waals surface area contributed by atoms with Crippen molar-refractivity contribution >= 4 is 46.1 Å². The number of esters is 1. The summed E-state index contributed by atoms with van der Waals surface area (Å²) in [7, 11) is 0. The van der Waals surface area contributed by atoms with Crippen molar-refractivity contribution < 1.29 is 18.3 Å². The number of ether oxygens (including phenoxy) is 1. The van der Waals surface area contributed by atoms with Gasteiger partial charge in [-0.1, -0.05) is 62.9 Å². The van der Waals surface area contributed by atoms with E-state index in [1.807, 2.05) is 51.1 Å². The van der Waals surface area contributed by atoms with E-state index in [2.05, 4.69) is 16.9 Å². The Morgan fingerprint density at radius 1 is 1.17 bits per heavy atom. The van der Waals surface area contributed by atoms with Gasteiger partial charge in [-0.15, -0.1) is 5.10 Å². The number of thioether (sulfide) groups is 1. The van der Waals surface area contributed by atoms with Crippen LogP contribution < -0.4 is 4.90 Å². The average Bonchev–Trinajstić information content (AvgIpc) is 2.76. The molecule has 0 N–H and O–H groups in total. The summed E-state index contributed by atoms with van der Waals surface area (Å²) < 4.78 is 31.7. The summed E-state index contributed by atoms with van der Waals surface area (Å²) in [6.07, 6.45) is -1.79. The molecule has 0 saturated carbocycles. The number of aryl methyl sites for hydroxylation is 1. The van der Waals surface area contributed by atoms with Crippen molar-refractivity contribution in [3.05, 3.63) is 42.0 Å². The van der Waals surface area contributed by atoms with Crippen LogP contribution in [0.4, 0.5) is 14.5 Å². The largest absolute Gasteiger partial charge is 0.465 e. The molecule has 2 aromatic rings. The maximum Gasteiger partial charge on any atom is 0.316 e. The quantitative estimate of drug-likeness (QED) is 0.228. The molecule has 2 aromatic carbocycles. The molecule has 30 heavy (non-hydrogen) atoms. The summed E-state index contributed by atoms with van der Waals surface area (Å²) >= 11 is 0.992. The molecule has 0 bridgehead atoms. The van der Waals surface area contributed by atoms with Crippen molar-refractivity contribution in [3.8, 4) is 0 Å². The minimum Gasteiger partial charge on any atom is -0.465 e. The number of hydrogen-bond acceptors (Lipinski definition) is 5. The van der Waals surface area contributed by atoms with Crippen LogP contribution in [0.15, 0.2) is 46.6 Å². The highest BCUT2D eigenvalue weighted by molar-refractivity contribution is 8.14. The lowest BCUT2D eigenvalue weighted by Gasteiger charge is -2.26. The molecule has 8 heteroatoms. The average molecular weight is 438 g/mol. The van der Waals surface area contributed by atoms with E-state index in [0.29, 0.717) is 5.69 Å². The smallest absolute Gasteiger partial charge is 0.316 e. The van der Waals surface area contributed by atoms with E-state index >= 15 is 0 Å². The fourth-order valence-corrected chi connectivity index (χ4v) is 3.63. The van der Waals surface area contributed by atoms with E-state index in [-0.39, 0.29) is 17.5 Å². The third-order valence-electron chi connectivity index (χ3n) is 4.00. The minimum absolute atomic E-state index is 0.0626. The van der Waals surface area contributed by atoms with Gasteiger partial charge in [0.15, 0.2) is 5.17 Å². The summed E-state index contributed by atoms with van der Waals surface area (Å²) in [4.78, 5) is 13.1. The van der Waals surface area contributed by atoms with Crippen molar-refractivity contribution in [1.29, 1.82) is 0 Å². The molecule has 0 amide bonds. The summed E-state index contributed by atoms with van der Waals surface area (Å²) in [6, 6.07) is 11.3. The first-order valence-corrected chi connectivity index (χ1v) is 10.9. The number of hydrogen-bond donors (Lipinski definition) is 0. The molecule has 0 fully saturated rings. The van der Waals surface area contributed by atoms with Crippen LogP contribution in [0.3, 0.4) is 0 Å². The molecule has 0 radical (unpaired) electrons. The molecule has 0 aliphatic rings. The number of nitrogens with zero attached hydrogens (tertiary/aromatic N) is 3. The molecule has 2 rings (SSSR count). The van der Waals surface area contributed by atoms with Gasteiger partial charge >= 0.3 is 5.97 Å². The van der Waals surface area contributed by atoms with Gasteiger partial charge in [-0.25, -0.2) is 8.78 Å². The predicted molar refractivity (Wildman–Crippen MR) is 124 cm³/mol. The first-order valence-electron chi connectivity index (χ1n) is 9.90. The maximum absolute atomic E-state index is 13.4. The highest BCUT2D eigenvalue weighted by Crippen LogP contribution is 2.32. The van der Waals surface area contributed by atoms with Crippen LogP contribution in [-0.2, 0) is 16.0 Å². The number of fused-ring (bicyclic) bond motifs is 1. The third-order valence-corrected chi connectivity index (χ3v) is 4.94. The monoisotopic (exact) mass is 437 g/mol. The van der Waals surface area contributed by atoms with Gasteiger partial charge in [-0.3, -0.25) is 4.79 Å². The number of anilines is 1. The third kappa shape index (κ3) is 7.09. The van der Waals surface area contributed by atoms with Gasteiger partial charge in [0.25, 0.3) is 6.43 Å². The topological polar surface area (TPSA) is 54.3 Å². The zero-order valence-corrected chi connectivity index (χ0v) is 18.7. The summed E-state index contributed by atoms with van der Waals surface area (Å²) in [5.41, 5.74) is 1.70. The molecule has 164 valence electrons. The van der Waals surface area contributed by atoms with E-state index in [1.54, 1.807) is 13.0 Å². The Kier molecular flexibility index (Phi) is 11.7. The molecular weight excluding hydrogens is 408 g/mol. The van der Waals surface area contributed by atoms with Crippen molar-refractivity contribution in [3.63, 3.8) is 0 Å². The molecular formula is C22H29F2N3O2S. The SMILES string of the molecule is C=N/N=C(/SCC(=O)OCC)N(CC(F)F)c1ccc(CC)c2ccccc12.CC. The predicted octanol–water partition coefficient (Wildman–Crippen LogP) is 5.77. The number of carbonyl (C=O) groups is 1. The number of rotatable bonds is 8. The highest BCUT2D eigenvalue weighted by Gasteiger charge is 2.23. The van der Waals surface area contributed by atoms with Crippen molar-refractivity contribution in [1.82, 2.24) is 0 Å². The summed E-state index contributed by atoms with van der Waals surface area (Å²) in [5.74, 6) is -0.514. The molecule has 0 spiro atoms. The molecule has 0 aliphatic heterocycles. The first kappa shape index (κ1) is 25.6. The minimum atomic E-state index is -2.61. The molecule has 0 aromatic heterocycles. The van der Waals surface area contributed by atoms with Gasteiger partial charge in [-0.05, 0) is 30.4 Å². The van der Waals surface area contributed by atoms with Crippen LogP contribution in [0.5, 0.6) is 0 Å². The van der Waals surface area contributed by atoms with Crippen LogP contribution in [0.2, 0.25) is 0 Å². The number of halogens is 2. The molecule has 0 atom stereocenters. The van der Waals surface area contributed by atoms with E-state index < -0.39 is 18.9 Å². The van der Waals surface area contributed by atoms with E-state index in [9.17, 15) is 13.6 Å². The number of alkyl halides is 2. The number of amidine groups is 1.